The summed E-state index contributed by atoms with van der Waals surface area (Å²) in [5.74, 6) is 0.577. The number of benzene rings is 2. The molecule has 4 aromatic heterocycles. The highest BCUT2D eigenvalue weighted by atomic mass is 19.4. The number of hydrogen-bond acceptors (Lipinski definition) is 5. The fraction of sp³-hybridized carbons (Fsp3) is 0.111. The zero-order valence-electron chi connectivity index (χ0n) is 20.1. The normalized spacial score (nSPS) is 11.9. The highest BCUT2D eigenvalue weighted by molar-refractivity contribution is 6.04. The minimum Gasteiger partial charge on any atom is -0.495 e. The highest BCUT2D eigenvalue weighted by Crippen LogP contribution is 2.36. The number of alkyl halides is 3. The van der Waals surface area contributed by atoms with Crippen molar-refractivity contribution in [3.05, 3.63) is 95.8 Å². The molecule has 0 aliphatic rings. The summed E-state index contributed by atoms with van der Waals surface area (Å²) in [6.45, 7) is 0. The van der Waals surface area contributed by atoms with Gasteiger partial charge in [0, 0.05) is 36.6 Å². The summed E-state index contributed by atoms with van der Waals surface area (Å²) in [4.78, 5) is 26.0. The molecular weight excluding hydrogens is 497 g/mol. The number of methoxy groups -OCH3 is 1. The maximum Gasteiger partial charge on any atom is 0.418 e. The van der Waals surface area contributed by atoms with Gasteiger partial charge in [-0.15, -0.1) is 0 Å². The maximum atomic E-state index is 14.2. The smallest absolute Gasteiger partial charge is 0.418 e. The average molecular weight is 516 g/mol. The Morgan fingerprint density at radius 2 is 1.79 bits per heavy atom. The van der Waals surface area contributed by atoms with Crippen LogP contribution in [0, 0.1) is 0 Å². The molecule has 0 amide bonds. The molecule has 0 radical (unpaired) electrons. The standard InChI is InChI=1S/C27H19F3N6O2/c1-34-24-14-33-22-5-3-16(17-9-19(38-2)13-32-12-17)10-20(22)25(24)36(26(34)37)18-4-6-23(35-8-7-31-15-35)21(11-18)27(28,29)30/h3-15H,1-2H3. The van der Waals surface area contributed by atoms with Crippen LogP contribution in [0.1, 0.15) is 5.56 Å². The summed E-state index contributed by atoms with van der Waals surface area (Å²) in [6, 6.07) is 11.2. The molecule has 0 aliphatic heterocycles. The van der Waals surface area contributed by atoms with Crippen molar-refractivity contribution in [1.82, 2.24) is 28.7 Å². The predicted molar refractivity (Wildman–Crippen MR) is 136 cm³/mol. The number of aryl methyl sites for hydroxylation is 1. The van der Waals surface area contributed by atoms with Gasteiger partial charge in [0.15, 0.2) is 0 Å². The number of rotatable bonds is 4. The molecule has 11 heteroatoms. The Balaban J connectivity index is 1.64. The van der Waals surface area contributed by atoms with Crippen LogP contribution < -0.4 is 10.4 Å². The Labute approximate surface area is 213 Å². The van der Waals surface area contributed by atoms with Crippen LogP contribution in [0.2, 0.25) is 0 Å². The van der Waals surface area contributed by atoms with E-state index in [2.05, 4.69) is 15.0 Å². The zero-order valence-corrected chi connectivity index (χ0v) is 20.1. The summed E-state index contributed by atoms with van der Waals surface area (Å²) in [7, 11) is 3.11. The Morgan fingerprint density at radius 3 is 2.53 bits per heavy atom. The van der Waals surface area contributed by atoms with Gasteiger partial charge in [0.2, 0.25) is 0 Å². The molecule has 38 heavy (non-hydrogen) atoms. The van der Waals surface area contributed by atoms with Gasteiger partial charge < -0.3 is 9.30 Å². The van der Waals surface area contributed by atoms with Crippen LogP contribution >= 0.6 is 0 Å². The number of halogens is 3. The molecular formula is C27H19F3N6O2. The van der Waals surface area contributed by atoms with Crippen molar-refractivity contribution >= 4 is 21.9 Å². The summed E-state index contributed by atoms with van der Waals surface area (Å²) in [6.07, 6.45) is 4.28. The summed E-state index contributed by atoms with van der Waals surface area (Å²) in [5, 5.41) is 0.604. The molecule has 0 bridgehead atoms. The lowest BCUT2D eigenvalue weighted by Gasteiger charge is -2.16. The third kappa shape index (κ3) is 3.71. The van der Waals surface area contributed by atoms with Gasteiger partial charge >= 0.3 is 11.9 Å². The van der Waals surface area contributed by atoms with Gasteiger partial charge in [0.1, 0.15) is 5.75 Å². The van der Waals surface area contributed by atoms with Gasteiger partial charge in [0.25, 0.3) is 0 Å². The number of nitrogens with zero attached hydrogens (tertiary/aromatic N) is 6. The summed E-state index contributed by atoms with van der Waals surface area (Å²) >= 11 is 0. The monoisotopic (exact) mass is 516 g/mol. The van der Waals surface area contributed by atoms with E-state index in [1.165, 1.54) is 44.6 Å². The number of aromatic nitrogens is 6. The van der Waals surface area contributed by atoms with Gasteiger partial charge in [-0.05, 0) is 42.0 Å². The van der Waals surface area contributed by atoms with Gasteiger partial charge in [-0.1, -0.05) is 6.07 Å². The quantitative estimate of drug-likeness (QED) is 0.324. The topological polar surface area (TPSA) is 79.8 Å². The molecule has 0 unspecified atom stereocenters. The van der Waals surface area contributed by atoms with Crippen molar-refractivity contribution in [3.8, 4) is 28.3 Å². The van der Waals surface area contributed by atoms with Crippen LogP contribution in [0.3, 0.4) is 0 Å². The molecule has 8 nitrogen and oxygen atoms in total. The Morgan fingerprint density at radius 1 is 0.947 bits per heavy atom. The van der Waals surface area contributed by atoms with Gasteiger partial charge in [-0.2, -0.15) is 13.2 Å². The largest absolute Gasteiger partial charge is 0.495 e. The molecule has 0 spiro atoms. The molecule has 0 atom stereocenters. The summed E-state index contributed by atoms with van der Waals surface area (Å²) < 4.78 is 51.7. The van der Waals surface area contributed by atoms with Crippen LogP contribution in [0.15, 0.2) is 84.6 Å². The van der Waals surface area contributed by atoms with Gasteiger partial charge in [-0.25, -0.2) is 9.78 Å². The van der Waals surface area contributed by atoms with Crippen LogP contribution in [0.5, 0.6) is 5.75 Å². The van der Waals surface area contributed by atoms with Crippen molar-refractivity contribution in [2.24, 2.45) is 7.05 Å². The summed E-state index contributed by atoms with van der Waals surface area (Å²) in [5.41, 5.74) is 1.68. The van der Waals surface area contributed by atoms with Crippen LogP contribution in [-0.4, -0.2) is 35.8 Å². The van der Waals surface area contributed by atoms with Crippen LogP contribution in [0.4, 0.5) is 13.2 Å². The molecule has 0 saturated heterocycles. The molecule has 6 aromatic rings. The lowest BCUT2D eigenvalue weighted by atomic mass is 10.0. The molecule has 0 N–H and O–H groups in total. The minimum atomic E-state index is -4.67. The number of fused-ring (bicyclic) bond motifs is 3. The molecule has 0 fully saturated rings. The van der Waals surface area contributed by atoms with Crippen molar-refractivity contribution in [2.75, 3.05) is 7.11 Å². The van der Waals surface area contributed by atoms with E-state index in [1.54, 1.807) is 38.8 Å². The third-order valence-corrected chi connectivity index (χ3v) is 6.49. The first kappa shape index (κ1) is 23.5. The second kappa shape index (κ2) is 8.58. The Bertz CT molecular complexity index is 1890. The number of imidazole rings is 2. The Kier molecular flexibility index (Phi) is 5.30. The van der Waals surface area contributed by atoms with Crippen LogP contribution in [0.25, 0.3) is 44.4 Å². The molecule has 2 aromatic carbocycles. The zero-order chi connectivity index (χ0) is 26.6. The molecule has 190 valence electrons. The van der Waals surface area contributed by atoms with E-state index < -0.39 is 17.4 Å². The highest BCUT2D eigenvalue weighted by Gasteiger charge is 2.35. The van der Waals surface area contributed by atoms with E-state index in [0.29, 0.717) is 27.7 Å². The van der Waals surface area contributed by atoms with E-state index in [1.807, 2.05) is 18.2 Å². The molecule has 0 saturated carbocycles. The van der Waals surface area contributed by atoms with E-state index >= 15 is 0 Å². The lowest BCUT2D eigenvalue weighted by molar-refractivity contribution is -0.137. The van der Waals surface area contributed by atoms with Gasteiger partial charge in [-0.3, -0.25) is 19.1 Å². The second-order valence-corrected chi connectivity index (χ2v) is 8.68. The lowest BCUT2D eigenvalue weighted by Crippen LogP contribution is -2.21. The number of pyridine rings is 2. The van der Waals surface area contributed by atoms with Crippen molar-refractivity contribution < 1.29 is 17.9 Å². The fourth-order valence-electron chi connectivity index (χ4n) is 4.62. The molecule has 0 aliphatic carbocycles. The third-order valence-electron chi connectivity index (χ3n) is 6.49. The van der Waals surface area contributed by atoms with Crippen molar-refractivity contribution in [3.63, 3.8) is 0 Å². The van der Waals surface area contributed by atoms with Crippen molar-refractivity contribution in [2.45, 2.75) is 6.18 Å². The number of hydrogen-bond donors (Lipinski definition) is 0. The SMILES string of the molecule is COc1cncc(-c2ccc3ncc4c(c3c2)n(-c2ccc(-n3ccnc3)c(C(F)(F)F)c2)c(=O)n4C)c1. The molecule has 4 heterocycles. The predicted octanol–water partition coefficient (Wildman–Crippen LogP) is 5.15. The van der Waals surface area contributed by atoms with E-state index in [9.17, 15) is 18.0 Å². The Hall–Kier alpha value is -4.93. The second-order valence-electron chi connectivity index (χ2n) is 8.68. The maximum absolute atomic E-state index is 14.2. The van der Waals surface area contributed by atoms with Gasteiger partial charge in [0.05, 0.1) is 59.3 Å². The average Bonchev–Trinajstić information content (AvgIpc) is 3.55. The van der Waals surface area contributed by atoms with E-state index in [0.717, 1.165) is 17.2 Å². The first-order chi connectivity index (χ1) is 18.3. The van der Waals surface area contributed by atoms with E-state index in [-0.39, 0.29) is 11.4 Å². The number of ether oxygens (including phenoxy) is 1. The molecule has 6 rings (SSSR count). The van der Waals surface area contributed by atoms with Crippen molar-refractivity contribution in [1.29, 1.82) is 0 Å². The van der Waals surface area contributed by atoms with E-state index in [4.69, 9.17) is 4.74 Å². The first-order valence-electron chi connectivity index (χ1n) is 11.5. The first-order valence-corrected chi connectivity index (χ1v) is 11.5. The fourth-order valence-corrected chi connectivity index (χ4v) is 4.62. The minimum absolute atomic E-state index is 0.0812. The van der Waals surface area contributed by atoms with Crippen LogP contribution in [-0.2, 0) is 13.2 Å².